The molecule has 0 aliphatic carbocycles. The van der Waals surface area contributed by atoms with Crippen LogP contribution in [0, 0.1) is 5.92 Å². The Bertz CT molecular complexity index is 1000. The number of aromatic nitrogens is 2. The highest BCUT2D eigenvalue weighted by molar-refractivity contribution is 5.94. The zero-order valence-electron chi connectivity index (χ0n) is 16.1. The van der Waals surface area contributed by atoms with E-state index in [1.807, 2.05) is 44.2 Å². The number of hydrogen-bond acceptors (Lipinski definition) is 3. The van der Waals surface area contributed by atoms with Gasteiger partial charge < -0.3 is 5.32 Å². The number of amides is 1. The molecular formula is C22H25N3O2. The van der Waals surface area contributed by atoms with E-state index in [1.165, 1.54) is 16.5 Å². The lowest BCUT2D eigenvalue weighted by Gasteiger charge is -2.23. The molecule has 0 radical (unpaired) electrons. The number of nitrogens with zero attached hydrogens (tertiary/aromatic N) is 2. The van der Waals surface area contributed by atoms with Crippen molar-refractivity contribution in [3.63, 3.8) is 0 Å². The molecule has 1 amide bonds. The minimum Gasteiger partial charge on any atom is -0.324 e. The molecule has 1 N–H and O–H groups in total. The number of rotatable bonds is 5. The lowest BCUT2D eigenvalue weighted by molar-refractivity contribution is -0.120. The second kappa shape index (κ2) is 7.74. The average molecular weight is 363 g/mol. The molecule has 1 heterocycles. The second-order valence-electron chi connectivity index (χ2n) is 7.43. The van der Waals surface area contributed by atoms with E-state index in [0.717, 1.165) is 5.69 Å². The van der Waals surface area contributed by atoms with Gasteiger partial charge in [-0.25, -0.2) is 4.98 Å². The first-order chi connectivity index (χ1) is 12.9. The maximum Gasteiger partial charge on any atom is 0.261 e. The standard InChI is InChI=1S/C22H25N3O2/c1-14(2)16-9-11-17(12-10-16)24-21(26)20(15(3)4)25-13-23-19-8-6-5-7-18(19)22(25)27/h5-15,20H,1-4H3,(H,24,26)/t20-/m0/s1. The predicted octanol–water partition coefficient (Wildman–Crippen LogP) is 4.36. The van der Waals surface area contributed by atoms with Crippen molar-refractivity contribution in [2.24, 2.45) is 5.92 Å². The smallest absolute Gasteiger partial charge is 0.261 e. The van der Waals surface area contributed by atoms with Crippen LogP contribution in [0.15, 0.2) is 59.7 Å². The maximum atomic E-state index is 13.0. The van der Waals surface area contributed by atoms with Gasteiger partial charge in [0, 0.05) is 5.69 Å². The molecular weight excluding hydrogens is 338 g/mol. The normalized spacial score (nSPS) is 12.5. The van der Waals surface area contributed by atoms with Gasteiger partial charge in [-0.1, -0.05) is 52.0 Å². The molecule has 27 heavy (non-hydrogen) atoms. The Hall–Kier alpha value is -2.95. The summed E-state index contributed by atoms with van der Waals surface area (Å²) in [6.45, 7) is 8.10. The van der Waals surface area contributed by atoms with E-state index in [0.29, 0.717) is 16.8 Å². The first kappa shape index (κ1) is 18.8. The Balaban J connectivity index is 1.92. The Morgan fingerprint density at radius 3 is 2.30 bits per heavy atom. The molecule has 1 atom stereocenters. The summed E-state index contributed by atoms with van der Waals surface area (Å²) < 4.78 is 1.44. The lowest BCUT2D eigenvalue weighted by atomic mass is 10.0. The van der Waals surface area contributed by atoms with Gasteiger partial charge in [-0.15, -0.1) is 0 Å². The minimum atomic E-state index is -0.639. The van der Waals surface area contributed by atoms with Crippen LogP contribution in [0.1, 0.15) is 45.2 Å². The minimum absolute atomic E-state index is 0.0689. The highest BCUT2D eigenvalue weighted by Gasteiger charge is 2.26. The zero-order chi connectivity index (χ0) is 19.6. The summed E-state index contributed by atoms with van der Waals surface area (Å²) in [5.74, 6) is 0.141. The van der Waals surface area contributed by atoms with Crippen molar-refractivity contribution in [1.29, 1.82) is 0 Å². The highest BCUT2D eigenvalue weighted by atomic mass is 16.2. The fourth-order valence-electron chi connectivity index (χ4n) is 3.20. The molecule has 0 unspecified atom stereocenters. The molecule has 2 aromatic carbocycles. The number of benzene rings is 2. The van der Waals surface area contributed by atoms with Crippen molar-refractivity contribution in [3.05, 3.63) is 70.8 Å². The summed E-state index contributed by atoms with van der Waals surface area (Å²) in [5, 5.41) is 3.45. The fourth-order valence-corrected chi connectivity index (χ4v) is 3.20. The maximum absolute atomic E-state index is 13.0. The molecule has 5 nitrogen and oxygen atoms in total. The van der Waals surface area contributed by atoms with Crippen LogP contribution in [0.5, 0.6) is 0 Å². The Morgan fingerprint density at radius 1 is 1.00 bits per heavy atom. The monoisotopic (exact) mass is 363 g/mol. The third kappa shape index (κ3) is 3.92. The predicted molar refractivity (Wildman–Crippen MR) is 109 cm³/mol. The average Bonchev–Trinajstić information content (AvgIpc) is 2.64. The third-order valence-electron chi connectivity index (χ3n) is 4.73. The fraction of sp³-hybridized carbons (Fsp3) is 0.318. The number of hydrogen-bond donors (Lipinski definition) is 1. The van der Waals surface area contributed by atoms with Crippen molar-refractivity contribution in [2.75, 3.05) is 5.32 Å². The van der Waals surface area contributed by atoms with Crippen molar-refractivity contribution in [2.45, 2.75) is 39.7 Å². The molecule has 0 saturated carbocycles. The van der Waals surface area contributed by atoms with Crippen LogP contribution in [0.25, 0.3) is 10.9 Å². The molecule has 140 valence electrons. The van der Waals surface area contributed by atoms with Crippen LogP contribution in [-0.4, -0.2) is 15.5 Å². The van der Waals surface area contributed by atoms with E-state index >= 15 is 0 Å². The zero-order valence-corrected chi connectivity index (χ0v) is 16.1. The van der Waals surface area contributed by atoms with E-state index in [2.05, 4.69) is 24.1 Å². The molecule has 0 aliphatic rings. The molecule has 5 heteroatoms. The van der Waals surface area contributed by atoms with Crippen LogP contribution in [0.3, 0.4) is 0 Å². The van der Waals surface area contributed by atoms with Gasteiger partial charge in [0.05, 0.1) is 17.2 Å². The van der Waals surface area contributed by atoms with Crippen LogP contribution < -0.4 is 10.9 Å². The third-order valence-corrected chi connectivity index (χ3v) is 4.73. The molecule has 1 aromatic heterocycles. The number of fused-ring (bicyclic) bond motifs is 1. The van der Waals surface area contributed by atoms with Crippen molar-refractivity contribution >= 4 is 22.5 Å². The van der Waals surface area contributed by atoms with Gasteiger partial charge in [0.2, 0.25) is 5.91 Å². The summed E-state index contributed by atoms with van der Waals surface area (Å²) in [7, 11) is 0. The van der Waals surface area contributed by atoms with Gasteiger partial charge in [0.25, 0.3) is 5.56 Å². The van der Waals surface area contributed by atoms with Crippen LogP contribution >= 0.6 is 0 Å². The molecule has 3 rings (SSSR count). The quantitative estimate of drug-likeness (QED) is 0.733. The first-order valence-electron chi connectivity index (χ1n) is 9.25. The lowest BCUT2D eigenvalue weighted by Crippen LogP contribution is -2.36. The summed E-state index contributed by atoms with van der Waals surface area (Å²) in [6, 6.07) is 14.3. The summed E-state index contributed by atoms with van der Waals surface area (Å²) in [5.41, 5.74) is 2.36. The van der Waals surface area contributed by atoms with Crippen molar-refractivity contribution in [1.82, 2.24) is 9.55 Å². The van der Waals surface area contributed by atoms with Gasteiger partial charge >= 0.3 is 0 Å². The Labute approximate surface area is 159 Å². The molecule has 0 saturated heterocycles. The van der Waals surface area contributed by atoms with Gasteiger partial charge in [0.15, 0.2) is 0 Å². The van der Waals surface area contributed by atoms with E-state index in [4.69, 9.17) is 0 Å². The van der Waals surface area contributed by atoms with E-state index < -0.39 is 6.04 Å². The van der Waals surface area contributed by atoms with Gasteiger partial charge in [-0.3, -0.25) is 14.2 Å². The number of anilines is 1. The first-order valence-corrected chi connectivity index (χ1v) is 9.25. The molecule has 0 bridgehead atoms. The van der Waals surface area contributed by atoms with E-state index in [-0.39, 0.29) is 17.4 Å². The molecule has 0 spiro atoms. The SMILES string of the molecule is CC(C)c1ccc(NC(=O)[C@H](C(C)C)n2cnc3ccccc3c2=O)cc1. The summed E-state index contributed by atoms with van der Waals surface area (Å²) in [6.07, 6.45) is 1.47. The molecule has 0 aliphatic heterocycles. The number of carbonyl (C=O) groups excluding carboxylic acids is 1. The van der Waals surface area contributed by atoms with Crippen LogP contribution in [0.2, 0.25) is 0 Å². The Kier molecular flexibility index (Phi) is 5.40. The summed E-state index contributed by atoms with van der Waals surface area (Å²) >= 11 is 0. The largest absolute Gasteiger partial charge is 0.324 e. The van der Waals surface area contributed by atoms with Crippen LogP contribution in [-0.2, 0) is 4.79 Å². The summed E-state index contributed by atoms with van der Waals surface area (Å²) in [4.78, 5) is 30.2. The van der Waals surface area contributed by atoms with E-state index in [9.17, 15) is 9.59 Å². The van der Waals surface area contributed by atoms with Crippen LogP contribution in [0.4, 0.5) is 5.69 Å². The van der Waals surface area contributed by atoms with Crippen molar-refractivity contribution in [3.8, 4) is 0 Å². The van der Waals surface area contributed by atoms with Crippen molar-refractivity contribution < 1.29 is 4.79 Å². The number of nitrogens with one attached hydrogen (secondary N) is 1. The molecule has 0 fully saturated rings. The van der Waals surface area contributed by atoms with Gasteiger partial charge in [-0.2, -0.15) is 0 Å². The van der Waals surface area contributed by atoms with Gasteiger partial charge in [-0.05, 0) is 41.7 Å². The highest BCUT2D eigenvalue weighted by Crippen LogP contribution is 2.21. The Morgan fingerprint density at radius 2 is 1.67 bits per heavy atom. The van der Waals surface area contributed by atoms with Gasteiger partial charge in [0.1, 0.15) is 6.04 Å². The number of para-hydroxylation sites is 1. The molecule has 3 aromatic rings. The van der Waals surface area contributed by atoms with E-state index in [1.54, 1.807) is 18.2 Å². The topological polar surface area (TPSA) is 64.0 Å². The second-order valence-corrected chi connectivity index (χ2v) is 7.43. The number of carbonyl (C=O) groups is 1.